The molecule has 0 aromatic heterocycles. The molecule has 2 rings (SSSR count). The molecule has 0 radical (unpaired) electrons. The van der Waals surface area contributed by atoms with Gasteiger partial charge in [-0.25, -0.2) is 8.42 Å². The van der Waals surface area contributed by atoms with E-state index in [9.17, 15) is 18.0 Å². The Morgan fingerprint density at radius 3 is 2.29 bits per heavy atom. The Morgan fingerprint density at radius 2 is 1.74 bits per heavy atom. The molecule has 9 heteroatoms. The number of hydrogen-bond donors (Lipinski definition) is 1. The highest BCUT2D eigenvalue weighted by Gasteiger charge is 2.33. The van der Waals surface area contributed by atoms with Gasteiger partial charge in [0.15, 0.2) is 0 Å². The van der Waals surface area contributed by atoms with Gasteiger partial charge in [0, 0.05) is 18.2 Å². The first-order chi connectivity index (χ1) is 16.3. The van der Waals surface area contributed by atoms with Crippen LogP contribution in [0, 0.1) is 6.92 Å². The first-order valence-electron chi connectivity index (χ1n) is 11.5. The number of aryl methyl sites for hydroxylation is 1. The number of carbonyl (C=O) groups is 2. The van der Waals surface area contributed by atoms with Gasteiger partial charge in [-0.3, -0.25) is 13.9 Å². The first-order valence-corrected chi connectivity index (χ1v) is 13.4. The molecule has 0 bridgehead atoms. The lowest BCUT2D eigenvalue weighted by Crippen LogP contribution is -2.55. The normalized spacial score (nSPS) is 12.5. The second kappa shape index (κ2) is 11.6. The third kappa shape index (κ3) is 7.99. The minimum absolute atomic E-state index is 0.178. The van der Waals surface area contributed by atoms with Crippen LogP contribution in [0.25, 0.3) is 0 Å². The summed E-state index contributed by atoms with van der Waals surface area (Å²) < 4.78 is 31.7. The first kappa shape index (κ1) is 28.2. The highest BCUT2D eigenvalue weighted by molar-refractivity contribution is 7.92. The SMILES string of the molecule is CCC(C(=O)NC(C)(C)C)N(Cc1ccccc1C)C(=O)CN(c1cccc(OC)c1)S(C)(=O)=O. The molecule has 2 aromatic carbocycles. The number of nitrogens with one attached hydrogen (secondary N) is 1. The maximum atomic E-state index is 13.7. The lowest BCUT2D eigenvalue weighted by Gasteiger charge is -2.34. The Morgan fingerprint density at radius 1 is 1.09 bits per heavy atom. The van der Waals surface area contributed by atoms with Crippen LogP contribution >= 0.6 is 0 Å². The van der Waals surface area contributed by atoms with Gasteiger partial charge in [-0.1, -0.05) is 37.3 Å². The molecule has 0 saturated heterocycles. The summed E-state index contributed by atoms with van der Waals surface area (Å²) in [4.78, 5) is 28.4. The Hall–Kier alpha value is -3.07. The molecule has 0 spiro atoms. The van der Waals surface area contributed by atoms with Crippen molar-refractivity contribution in [2.45, 2.75) is 59.2 Å². The maximum Gasteiger partial charge on any atom is 0.244 e. The van der Waals surface area contributed by atoms with E-state index in [1.165, 1.54) is 12.0 Å². The van der Waals surface area contributed by atoms with E-state index in [-0.39, 0.29) is 12.5 Å². The van der Waals surface area contributed by atoms with Gasteiger partial charge in [-0.05, 0) is 57.4 Å². The maximum absolute atomic E-state index is 13.7. The molecule has 0 aliphatic rings. The topological polar surface area (TPSA) is 96.0 Å². The third-order valence-corrected chi connectivity index (χ3v) is 6.65. The number of anilines is 1. The van der Waals surface area contributed by atoms with Crippen LogP contribution in [0.3, 0.4) is 0 Å². The van der Waals surface area contributed by atoms with Gasteiger partial charge in [-0.2, -0.15) is 0 Å². The predicted octanol–water partition coefficient (Wildman–Crippen LogP) is 3.49. The average Bonchev–Trinajstić information content (AvgIpc) is 2.76. The van der Waals surface area contributed by atoms with Gasteiger partial charge < -0.3 is 15.0 Å². The van der Waals surface area contributed by atoms with E-state index in [4.69, 9.17) is 4.74 Å². The molecule has 2 aromatic rings. The fourth-order valence-corrected chi connectivity index (χ4v) is 4.56. The number of hydrogen-bond acceptors (Lipinski definition) is 5. The molecule has 1 N–H and O–H groups in total. The smallest absolute Gasteiger partial charge is 0.244 e. The van der Waals surface area contributed by atoms with Crippen LogP contribution in [-0.4, -0.2) is 56.6 Å². The van der Waals surface area contributed by atoms with E-state index in [2.05, 4.69) is 5.32 Å². The van der Waals surface area contributed by atoms with Crippen molar-refractivity contribution in [3.8, 4) is 5.75 Å². The van der Waals surface area contributed by atoms with Crippen LogP contribution in [0.5, 0.6) is 5.75 Å². The second-order valence-corrected chi connectivity index (χ2v) is 11.5. The Bertz CT molecular complexity index is 1140. The van der Waals surface area contributed by atoms with Crippen LogP contribution in [0.2, 0.25) is 0 Å². The summed E-state index contributed by atoms with van der Waals surface area (Å²) in [6, 6.07) is 13.4. The summed E-state index contributed by atoms with van der Waals surface area (Å²) in [6.45, 7) is 9.13. The minimum Gasteiger partial charge on any atom is -0.497 e. The molecule has 192 valence electrons. The number of benzene rings is 2. The number of nitrogens with zero attached hydrogens (tertiary/aromatic N) is 2. The number of carbonyl (C=O) groups excluding carboxylic acids is 2. The van der Waals surface area contributed by atoms with Gasteiger partial charge in [0.25, 0.3) is 0 Å². The summed E-state index contributed by atoms with van der Waals surface area (Å²) in [7, 11) is -2.32. The van der Waals surface area contributed by atoms with Gasteiger partial charge in [0.05, 0.1) is 19.1 Å². The average molecular weight is 504 g/mol. The fraction of sp³-hybridized carbons (Fsp3) is 0.462. The minimum atomic E-state index is -3.80. The largest absolute Gasteiger partial charge is 0.497 e. The van der Waals surface area contributed by atoms with Crippen LogP contribution in [0.4, 0.5) is 5.69 Å². The Kier molecular flexibility index (Phi) is 9.31. The van der Waals surface area contributed by atoms with Crippen LogP contribution in [0.15, 0.2) is 48.5 Å². The Labute approximate surface area is 209 Å². The van der Waals surface area contributed by atoms with Crippen molar-refractivity contribution in [2.24, 2.45) is 0 Å². The van der Waals surface area contributed by atoms with E-state index in [1.54, 1.807) is 24.3 Å². The number of rotatable bonds is 10. The molecule has 1 atom stereocenters. The molecule has 1 unspecified atom stereocenters. The van der Waals surface area contributed by atoms with Gasteiger partial charge in [0.2, 0.25) is 21.8 Å². The van der Waals surface area contributed by atoms with Crippen molar-refractivity contribution in [2.75, 3.05) is 24.2 Å². The molecular formula is C26H37N3O5S. The predicted molar refractivity (Wildman–Crippen MR) is 139 cm³/mol. The number of sulfonamides is 1. The van der Waals surface area contributed by atoms with Crippen LogP contribution in [0.1, 0.15) is 45.2 Å². The molecule has 8 nitrogen and oxygen atoms in total. The van der Waals surface area contributed by atoms with Crippen molar-refractivity contribution in [3.05, 3.63) is 59.7 Å². The summed E-state index contributed by atoms with van der Waals surface area (Å²) in [6.07, 6.45) is 1.42. The van der Waals surface area contributed by atoms with Gasteiger partial charge in [-0.15, -0.1) is 0 Å². The van der Waals surface area contributed by atoms with Crippen molar-refractivity contribution < 1.29 is 22.7 Å². The van der Waals surface area contributed by atoms with Crippen LogP contribution < -0.4 is 14.4 Å². The zero-order valence-corrected chi connectivity index (χ0v) is 22.5. The quantitative estimate of drug-likeness (QED) is 0.535. The highest BCUT2D eigenvalue weighted by Crippen LogP contribution is 2.24. The van der Waals surface area contributed by atoms with E-state index < -0.39 is 34.1 Å². The number of ether oxygens (including phenoxy) is 1. The van der Waals surface area contributed by atoms with Crippen LogP contribution in [-0.2, 0) is 26.2 Å². The van der Waals surface area contributed by atoms with E-state index in [1.807, 2.05) is 58.9 Å². The van der Waals surface area contributed by atoms with Gasteiger partial charge in [0.1, 0.15) is 18.3 Å². The Balaban J connectivity index is 2.49. The van der Waals surface area contributed by atoms with Crippen molar-refractivity contribution in [1.29, 1.82) is 0 Å². The zero-order chi connectivity index (χ0) is 26.4. The lowest BCUT2D eigenvalue weighted by molar-refractivity contribution is -0.141. The molecule has 0 heterocycles. The monoisotopic (exact) mass is 503 g/mol. The van der Waals surface area contributed by atoms with E-state index in [0.29, 0.717) is 17.9 Å². The van der Waals surface area contributed by atoms with Gasteiger partial charge >= 0.3 is 0 Å². The molecule has 0 aliphatic heterocycles. The van der Waals surface area contributed by atoms with E-state index >= 15 is 0 Å². The van der Waals surface area contributed by atoms with Crippen molar-refractivity contribution >= 4 is 27.5 Å². The molecule has 0 aliphatic carbocycles. The van der Waals surface area contributed by atoms with Crippen molar-refractivity contribution in [1.82, 2.24) is 10.2 Å². The molecule has 35 heavy (non-hydrogen) atoms. The standard InChI is InChI=1S/C26H37N3O5S/c1-8-23(25(31)27-26(3,4)5)28(17-20-13-10-9-12-19(20)2)24(30)18-29(35(7,32)33)21-14-11-15-22(16-21)34-6/h9-16,23H,8,17-18H2,1-7H3,(H,27,31). The summed E-state index contributed by atoms with van der Waals surface area (Å²) in [5, 5.41) is 2.96. The van der Waals surface area contributed by atoms with E-state index in [0.717, 1.165) is 21.7 Å². The highest BCUT2D eigenvalue weighted by atomic mass is 32.2. The number of methoxy groups -OCH3 is 1. The summed E-state index contributed by atoms with van der Waals surface area (Å²) in [5.41, 5.74) is 1.68. The lowest BCUT2D eigenvalue weighted by atomic mass is 10.0. The third-order valence-electron chi connectivity index (χ3n) is 5.51. The summed E-state index contributed by atoms with van der Waals surface area (Å²) in [5.74, 6) is -0.289. The molecular weight excluding hydrogens is 466 g/mol. The fourth-order valence-electron chi connectivity index (χ4n) is 3.72. The number of amides is 2. The second-order valence-electron chi connectivity index (χ2n) is 9.58. The molecule has 0 saturated carbocycles. The zero-order valence-electron chi connectivity index (χ0n) is 21.7. The molecule has 2 amide bonds. The molecule has 0 fully saturated rings. The summed E-state index contributed by atoms with van der Waals surface area (Å²) >= 11 is 0. The van der Waals surface area contributed by atoms with Crippen molar-refractivity contribution in [3.63, 3.8) is 0 Å².